The molecule has 0 bridgehead atoms. The van der Waals surface area contributed by atoms with Crippen LogP contribution >= 0.6 is 12.4 Å². The van der Waals surface area contributed by atoms with Gasteiger partial charge in [-0.2, -0.15) is 0 Å². The first-order chi connectivity index (χ1) is 9.81. The van der Waals surface area contributed by atoms with E-state index in [1.165, 1.54) is 22.5 Å². The molecule has 0 radical (unpaired) electrons. The fraction of sp³-hybridized carbons (Fsp3) is 0.333. The van der Waals surface area contributed by atoms with E-state index in [1.807, 2.05) is 7.05 Å². The van der Waals surface area contributed by atoms with Gasteiger partial charge in [-0.15, -0.1) is 12.4 Å². The van der Waals surface area contributed by atoms with Gasteiger partial charge in [-0.25, -0.2) is 0 Å². The maximum absolute atomic E-state index is 3.31. The number of nitrogens with one attached hydrogen (secondary N) is 1. The lowest BCUT2D eigenvalue weighted by Gasteiger charge is -2.33. The first-order valence-electron chi connectivity index (χ1n) is 7.41. The third-order valence-electron chi connectivity index (χ3n) is 4.11. The predicted octanol–water partition coefficient (Wildman–Crippen LogP) is 3.95. The molecule has 1 N–H and O–H groups in total. The Hall–Kier alpha value is -1.51. The van der Waals surface area contributed by atoms with Crippen molar-refractivity contribution in [3.05, 3.63) is 59.7 Å². The second-order valence-electron chi connectivity index (χ2n) is 5.53. The highest BCUT2D eigenvalue weighted by Crippen LogP contribution is 2.37. The number of anilines is 2. The Morgan fingerprint density at radius 1 is 0.952 bits per heavy atom. The molecule has 112 valence electrons. The molecule has 1 heterocycles. The minimum absolute atomic E-state index is 0. The Bertz CT molecular complexity index is 550. The number of halogens is 1. The molecule has 3 heteroatoms. The van der Waals surface area contributed by atoms with Gasteiger partial charge in [0.1, 0.15) is 0 Å². The van der Waals surface area contributed by atoms with E-state index in [2.05, 4.69) is 65.7 Å². The van der Waals surface area contributed by atoms with Gasteiger partial charge in [-0.3, -0.25) is 0 Å². The molecule has 1 unspecified atom stereocenters. The summed E-state index contributed by atoms with van der Waals surface area (Å²) in [5.41, 5.74) is 5.62. The summed E-state index contributed by atoms with van der Waals surface area (Å²) in [7, 11) is 2.02. The lowest BCUT2D eigenvalue weighted by atomic mass is 10.0. The third kappa shape index (κ3) is 3.07. The van der Waals surface area contributed by atoms with Crippen LogP contribution in [0.2, 0.25) is 0 Å². The average molecular weight is 303 g/mol. The average Bonchev–Trinajstić information content (AvgIpc) is 2.64. The molecule has 0 aromatic heterocycles. The van der Waals surface area contributed by atoms with Crippen LogP contribution in [0.1, 0.15) is 18.1 Å². The van der Waals surface area contributed by atoms with Gasteiger partial charge in [-0.1, -0.05) is 36.4 Å². The number of para-hydroxylation sites is 2. The van der Waals surface area contributed by atoms with Crippen LogP contribution in [0.15, 0.2) is 48.5 Å². The molecule has 1 atom stereocenters. The number of hydrogen-bond donors (Lipinski definition) is 1. The summed E-state index contributed by atoms with van der Waals surface area (Å²) >= 11 is 0. The predicted molar refractivity (Wildman–Crippen MR) is 93.1 cm³/mol. The Balaban J connectivity index is 0.00000161. The number of benzene rings is 2. The number of aryl methyl sites for hydroxylation is 2. The molecule has 0 fully saturated rings. The number of fused-ring (bicyclic) bond motifs is 2. The summed E-state index contributed by atoms with van der Waals surface area (Å²) in [6.45, 7) is 3.26. The van der Waals surface area contributed by atoms with Crippen LogP contribution in [0, 0.1) is 0 Å². The molecular weight excluding hydrogens is 280 g/mol. The molecule has 0 saturated carbocycles. The first kappa shape index (κ1) is 15.9. The zero-order chi connectivity index (χ0) is 13.9. The van der Waals surface area contributed by atoms with Crippen LogP contribution in [-0.4, -0.2) is 19.6 Å². The van der Waals surface area contributed by atoms with Crippen molar-refractivity contribution < 1.29 is 0 Å². The summed E-state index contributed by atoms with van der Waals surface area (Å²) in [6.07, 6.45) is 2.24. The zero-order valence-corrected chi connectivity index (χ0v) is 13.5. The molecule has 2 aromatic rings. The molecule has 0 amide bonds. The smallest absolute Gasteiger partial charge is 0.0446 e. The van der Waals surface area contributed by atoms with Crippen molar-refractivity contribution in [1.82, 2.24) is 5.32 Å². The van der Waals surface area contributed by atoms with E-state index in [0.29, 0.717) is 6.04 Å². The maximum Gasteiger partial charge on any atom is 0.0446 e. The lowest BCUT2D eigenvalue weighted by Crippen LogP contribution is -2.36. The highest BCUT2D eigenvalue weighted by molar-refractivity contribution is 5.85. The SMILES string of the molecule is CNCC(C)N1c2ccccc2CCc2ccccc21.Cl. The van der Waals surface area contributed by atoms with Gasteiger partial charge in [0.05, 0.1) is 0 Å². The largest absolute Gasteiger partial charge is 0.337 e. The van der Waals surface area contributed by atoms with Gasteiger partial charge in [0, 0.05) is 24.0 Å². The Morgan fingerprint density at radius 2 is 1.43 bits per heavy atom. The monoisotopic (exact) mass is 302 g/mol. The molecule has 0 aliphatic carbocycles. The molecule has 21 heavy (non-hydrogen) atoms. The normalized spacial score (nSPS) is 14.5. The van der Waals surface area contributed by atoms with Crippen molar-refractivity contribution in [3.63, 3.8) is 0 Å². The molecule has 0 spiro atoms. The molecule has 3 rings (SSSR count). The molecule has 1 aliphatic rings. The Labute approximate surface area is 133 Å². The third-order valence-corrected chi connectivity index (χ3v) is 4.11. The van der Waals surface area contributed by atoms with Crippen molar-refractivity contribution in [2.24, 2.45) is 0 Å². The van der Waals surface area contributed by atoms with E-state index in [0.717, 1.165) is 19.4 Å². The van der Waals surface area contributed by atoms with E-state index in [4.69, 9.17) is 0 Å². The van der Waals surface area contributed by atoms with E-state index in [-0.39, 0.29) is 12.4 Å². The second kappa shape index (κ2) is 6.97. The van der Waals surface area contributed by atoms with Gasteiger partial charge < -0.3 is 10.2 Å². The van der Waals surface area contributed by atoms with E-state index in [1.54, 1.807) is 0 Å². The number of rotatable bonds is 3. The topological polar surface area (TPSA) is 15.3 Å². The van der Waals surface area contributed by atoms with Crippen molar-refractivity contribution in [3.8, 4) is 0 Å². The standard InChI is InChI=1S/C18H22N2.ClH/c1-14(13-19-2)20-17-9-5-3-7-15(17)11-12-16-8-4-6-10-18(16)20;/h3-10,14,19H,11-13H2,1-2H3;1H. The van der Waals surface area contributed by atoms with E-state index in [9.17, 15) is 0 Å². The van der Waals surface area contributed by atoms with Crippen LogP contribution in [0.5, 0.6) is 0 Å². The van der Waals surface area contributed by atoms with Crippen LogP contribution in [0.3, 0.4) is 0 Å². The number of nitrogens with zero attached hydrogens (tertiary/aromatic N) is 1. The number of hydrogen-bond acceptors (Lipinski definition) is 2. The van der Waals surface area contributed by atoms with Gasteiger partial charge in [0.2, 0.25) is 0 Å². The summed E-state index contributed by atoms with van der Waals surface area (Å²) < 4.78 is 0. The second-order valence-corrected chi connectivity index (χ2v) is 5.53. The van der Waals surface area contributed by atoms with Gasteiger partial charge in [0.25, 0.3) is 0 Å². The summed E-state index contributed by atoms with van der Waals surface area (Å²) in [5, 5.41) is 3.31. The van der Waals surface area contributed by atoms with Crippen LogP contribution in [0.25, 0.3) is 0 Å². The van der Waals surface area contributed by atoms with Crippen molar-refractivity contribution in [2.75, 3.05) is 18.5 Å². The molecule has 2 aromatic carbocycles. The van der Waals surface area contributed by atoms with Gasteiger partial charge in [-0.05, 0) is 50.1 Å². The van der Waals surface area contributed by atoms with Crippen LogP contribution < -0.4 is 10.2 Å². The highest BCUT2D eigenvalue weighted by atomic mass is 35.5. The first-order valence-corrected chi connectivity index (χ1v) is 7.41. The van der Waals surface area contributed by atoms with Gasteiger partial charge >= 0.3 is 0 Å². The maximum atomic E-state index is 3.31. The molecule has 2 nitrogen and oxygen atoms in total. The fourth-order valence-electron chi connectivity index (χ4n) is 3.18. The summed E-state index contributed by atoms with van der Waals surface area (Å²) in [4.78, 5) is 2.49. The molecule has 1 aliphatic heterocycles. The van der Waals surface area contributed by atoms with Crippen molar-refractivity contribution >= 4 is 23.8 Å². The molecule has 0 saturated heterocycles. The van der Waals surface area contributed by atoms with E-state index >= 15 is 0 Å². The minimum atomic E-state index is 0. The Kier molecular flexibility index (Phi) is 5.27. The summed E-state index contributed by atoms with van der Waals surface area (Å²) in [6, 6.07) is 18.1. The highest BCUT2D eigenvalue weighted by Gasteiger charge is 2.23. The van der Waals surface area contributed by atoms with E-state index < -0.39 is 0 Å². The quantitative estimate of drug-likeness (QED) is 0.923. The number of likely N-dealkylation sites (N-methyl/N-ethyl adjacent to an activating group) is 1. The fourth-order valence-corrected chi connectivity index (χ4v) is 3.18. The van der Waals surface area contributed by atoms with Crippen LogP contribution in [0.4, 0.5) is 11.4 Å². The van der Waals surface area contributed by atoms with Crippen molar-refractivity contribution in [1.29, 1.82) is 0 Å². The zero-order valence-electron chi connectivity index (χ0n) is 12.7. The van der Waals surface area contributed by atoms with Crippen LogP contribution in [-0.2, 0) is 12.8 Å². The molecular formula is C18H23ClN2. The Morgan fingerprint density at radius 3 is 1.90 bits per heavy atom. The summed E-state index contributed by atoms with van der Waals surface area (Å²) in [5.74, 6) is 0. The minimum Gasteiger partial charge on any atom is -0.337 e. The lowest BCUT2D eigenvalue weighted by molar-refractivity contribution is 0.647. The van der Waals surface area contributed by atoms with Crippen molar-refractivity contribution in [2.45, 2.75) is 25.8 Å². The van der Waals surface area contributed by atoms with Gasteiger partial charge in [0.15, 0.2) is 0 Å².